The molecule has 1 amide bonds. The largest absolute Gasteiger partial charge is 0.388 e. The molecule has 0 saturated carbocycles. The fourth-order valence-corrected chi connectivity index (χ4v) is 1.66. The Morgan fingerprint density at radius 3 is 2.54 bits per heavy atom. The lowest BCUT2D eigenvalue weighted by molar-refractivity contribution is 0.0408. The van der Waals surface area contributed by atoms with Crippen molar-refractivity contribution in [2.45, 2.75) is 32.4 Å². The summed E-state index contributed by atoms with van der Waals surface area (Å²) in [5.41, 5.74) is -0.255. The van der Waals surface area contributed by atoms with E-state index in [0.717, 1.165) is 0 Å². The Balaban J connectivity index is 2.07. The molecule has 0 aliphatic carbocycles. The molecule has 1 atom stereocenters. The second kappa shape index (κ2) is 7.20. The number of nitrogens with one attached hydrogen (secondary N) is 1. The maximum Gasteiger partial charge on any atom is 0.254 e. The van der Waals surface area contributed by atoms with E-state index in [0.29, 0.717) is 5.56 Å². The Hall–Kier alpha value is -2.78. The zero-order valence-electron chi connectivity index (χ0n) is 13.7. The van der Waals surface area contributed by atoms with Crippen molar-refractivity contribution in [1.82, 2.24) is 15.3 Å². The first-order valence-corrected chi connectivity index (χ1v) is 7.38. The first kappa shape index (κ1) is 17.6. The average molecular weight is 327 g/mol. The number of amides is 1. The molecular weight excluding hydrogens is 309 g/mol. The molecule has 2 N–H and O–H groups in total. The van der Waals surface area contributed by atoms with Gasteiger partial charge in [0.25, 0.3) is 5.91 Å². The van der Waals surface area contributed by atoms with Gasteiger partial charge in [-0.15, -0.1) is 0 Å². The number of aromatic nitrogens is 2. The summed E-state index contributed by atoms with van der Waals surface area (Å²) in [5.74, 6) is 4.95. The summed E-state index contributed by atoms with van der Waals surface area (Å²) in [6.45, 7) is 4.93. The Labute approximate surface area is 140 Å². The van der Waals surface area contributed by atoms with Crippen molar-refractivity contribution in [3.63, 3.8) is 0 Å². The molecule has 0 aliphatic heterocycles. The zero-order valence-corrected chi connectivity index (χ0v) is 13.7. The van der Waals surface area contributed by atoms with E-state index in [-0.39, 0.29) is 23.1 Å². The number of hydrogen-bond donors (Lipinski definition) is 2. The SMILES string of the molecule is C[C@@H](NC(=O)c1cnc(C#Cc2cccc(F)c2)nc1)C(C)(C)O. The summed E-state index contributed by atoms with van der Waals surface area (Å²) in [6.07, 6.45) is 2.71. The molecule has 124 valence electrons. The van der Waals surface area contributed by atoms with Crippen molar-refractivity contribution in [3.05, 3.63) is 59.4 Å². The van der Waals surface area contributed by atoms with Crippen molar-refractivity contribution in [2.75, 3.05) is 0 Å². The highest BCUT2D eigenvalue weighted by molar-refractivity contribution is 5.93. The normalized spacial score (nSPS) is 12.0. The molecule has 0 radical (unpaired) electrons. The van der Waals surface area contributed by atoms with Crippen molar-refractivity contribution in [2.24, 2.45) is 0 Å². The Kier molecular flexibility index (Phi) is 5.27. The summed E-state index contributed by atoms with van der Waals surface area (Å²) in [5, 5.41) is 12.5. The van der Waals surface area contributed by atoms with Gasteiger partial charge in [-0.2, -0.15) is 0 Å². The Morgan fingerprint density at radius 2 is 1.96 bits per heavy atom. The third-order valence-electron chi connectivity index (χ3n) is 3.46. The molecule has 6 heteroatoms. The van der Waals surface area contributed by atoms with Gasteiger partial charge in [-0.3, -0.25) is 4.79 Å². The summed E-state index contributed by atoms with van der Waals surface area (Å²) >= 11 is 0. The van der Waals surface area contributed by atoms with Gasteiger partial charge in [0.05, 0.1) is 17.2 Å². The van der Waals surface area contributed by atoms with Crippen LogP contribution in [0.4, 0.5) is 4.39 Å². The van der Waals surface area contributed by atoms with Crippen LogP contribution >= 0.6 is 0 Å². The molecule has 1 aromatic heterocycles. The Morgan fingerprint density at radius 1 is 1.29 bits per heavy atom. The molecule has 5 nitrogen and oxygen atoms in total. The van der Waals surface area contributed by atoms with Crippen LogP contribution in [0.15, 0.2) is 36.7 Å². The molecule has 0 unspecified atom stereocenters. The minimum atomic E-state index is -1.03. The van der Waals surface area contributed by atoms with E-state index < -0.39 is 11.6 Å². The number of benzene rings is 1. The van der Waals surface area contributed by atoms with Gasteiger partial charge in [0.15, 0.2) is 0 Å². The fraction of sp³-hybridized carbons (Fsp3) is 0.278. The van der Waals surface area contributed by atoms with Gasteiger partial charge in [0.1, 0.15) is 5.82 Å². The molecule has 0 fully saturated rings. The minimum Gasteiger partial charge on any atom is -0.388 e. The molecule has 2 aromatic rings. The standard InChI is InChI=1S/C18H18FN3O2/c1-12(18(2,3)24)22-17(23)14-10-20-16(21-11-14)8-7-13-5-4-6-15(19)9-13/h4-6,9-12,24H,1-3H3,(H,22,23)/t12-/m1/s1. The summed E-state index contributed by atoms with van der Waals surface area (Å²) < 4.78 is 13.1. The molecule has 1 heterocycles. The van der Waals surface area contributed by atoms with Crippen molar-refractivity contribution < 1.29 is 14.3 Å². The number of carbonyl (C=O) groups excluding carboxylic acids is 1. The second-order valence-electron chi connectivity index (χ2n) is 5.90. The average Bonchev–Trinajstić information content (AvgIpc) is 2.52. The predicted molar refractivity (Wildman–Crippen MR) is 87.6 cm³/mol. The summed E-state index contributed by atoms with van der Waals surface area (Å²) in [6, 6.07) is 5.46. The third-order valence-corrected chi connectivity index (χ3v) is 3.46. The minimum absolute atomic E-state index is 0.228. The van der Waals surface area contributed by atoms with E-state index in [1.54, 1.807) is 32.9 Å². The van der Waals surface area contributed by atoms with Crippen LogP contribution in [0.2, 0.25) is 0 Å². The van der Waals surface area contributed by atoms with Gasteiger partial charge in [-0.25, -0.2) is 14.4 Å². The van der Waals surface area contributed by atoms with E-state index >= 15 is 0 Å². The highest BCUT2D eigenvalue weighted by atomic mass is 19.1. The lowest BCUT2D eigenvalue weighted by atomic mass is 10.0. The van der Waals surface area contributed by atoms with Gasteiger partial charge in [0.2, 0.25) is 5.82 Å². The highest BCUT2D eigenvalue weighted by Crippen LogP contribution is 2.08. The van der Waals surface area contributed by atoms with Crippen LogP contribution in [0.25, 0.3) is 0 Å². The smallest absolute Gasteiger partial charge is 0.254 e. The molecule has 2 rings (SSSR count). The van der Waals surface area contributed by atoms with Crippen LogP contribution in [0.3, 0.4) is 0 Å². The Bertz CT molecular complexity index is 786. The number of hydrogen-bond acceptors (Lipinski definition) is 4. The van der Waals surface area contributed by atoms with Crippen LogP contribution < -0.4 is 5.32 Å². The molecular formula is C18H18FN3O2. The number of halogens is 1. The molecule has 0 spiro atoms. The van der Waals surface area contributed by atoms with Crippen LogP contribution in [0, 0.1) is 17.7 Å². The van der Waals surface area contributed by atoms with Crippen molar-refractivity contribution >= 4 is 5.91 Å². The van der Waals surface area contributed by atoms with Crippen molar-refractivity contribution in [3.8, 4) is 11.8 Å². The quantitative estimate of drug-likeness (QED) is 0.845. The van der Waals surface area contributed by atoms with E-state index in [1.165, 1.54) is 24.5 Å². The lowest BCUT2D eigenvalue weighted by Crippen LogP contribution is -2.47. The second-order valence-corrected chi connectivity index (χ2v) is 5.90. The molecule has 0 bridgehead atoms. The van der Waals surface area contributed by atoms with E-state index in [4.69, 9.17) is 0 Å². The first-order valence-electron chi connectivity index (χ1n) is 7.38. The van der Waals surface area contributed by atoms with Gasteiger partial charge < -0.3 is 10.4 Å². The van der Waals surface area contributed by atoms with Crippen LogP contribution in [-0.4, -0.2) is 32.6 Å². The van der Waals surface area contributed by atoms with Crippen LogP contribution in [0.5, 0.6) is 0 Å². The van der Waals surface area contributed by atoms with Gasteiger partial charge in [0, 0.05) is 18.0 Å². The van der Waals surface area contributed by atoms with E-state index in [1.807, 2.05) is 0 Å². The van der Waals surface area contributed by atoms with Crippen molar-refractivity contribution in [1.29, 1.82) is 0 Å². The van der Waals surface area contributed by atoms with Crippen LogP contribution in [0.1, 0.15) is 42.5 Å². The molecule has 0 saturated heterocycles. The maximum atomic E-state index is 13.1. The topological polar surface area (TPSA) is 75.1 Å². The van der Waals surface area contributed by atoms with Gasteiger partial charge in [-0.1, -0.05) is 12.0 Å². The van der Waals surface area contributed by atoms with E-state index in [2.05, 4.69) is 27.1 Å². The van der Waals surface area contributed by atoms with Gasteiger partial charge >= 0.3 is 0 Å². The number of aliphatic hydroxyl groups is 1. The first-order chi connectivity index (χ1) is 11.3. The predicted octanol–water partition coefficient (Wildman–Crippen LogP) is 1.90. The van der Waals surface area contributed by atoms with Crippen LogP contribution in [-0.2, 0) is 0 Å². The fourth-order valence-electron chi connectivity index (χ4n) is 1.66. The molecule has 0 aliphatic rings. The summed E-state index contributed by atoms with van der Waals surface area (Å²) in [4.78, 5) is 20.1. The number of rotatable bonds is 3. The summed E-state index contributed by atoms with van der Waals surface area (Å²) in [7, 11) is 0. The number of nitrogens with zero attached hydrogens (tertiary/aromatic N) is 2. The van der Waals surface area contributed by atoms with E-state index in [9.17, 15) is 14.3 Å². The zero-order chi connectivity index (χ0) is 17.7. The lowest BCUT2D eigenvalue weighted by Gasteiger charge is -2.26. The monoisotopic (exact) mass is 327 g/mol. The molecule has 1 aromatic carbocycles. The third kappa shape index (κ3) is 4.86. The van der Waals surface area contributed by atoms with Gasteiger partial charge in [-0.05, 0) is 44.9 Å². The number of carbonyl (C=O) groups is 1. The molecule has 24 heavy (non-hydrogen) atoms. The highest BCUT2D eigenvalue weighted by Gasteiger charge is 2.24. The maximum absolute atomic E-state index is 13.1.